The van der Waals surface area contributed by atoms with Gasteiger partial charge in [-0.25, -0.2) is 12.8 Å². The Morgan fingerprint density at radius 2 is 1.86 bits per heavy atom. The Morgan fingerprint density at radius 1 is 1.19 bits per heavy atom. The standard InChI is InChI=1S/C13H11FN2O4S/c14-11-7-10(5-6-12(11)15)21(19,20)8-9-3-1-2-4-13(9)16(17)18/h1-7H,8,15H2. The zero-order chi connectivity index (χ0) is 15.6. The Morgan fingerprint density at radius 3 is 2.48 bits per heavy atom. The van der Waals surface area contributed by atoms with E-state index in [9.17, 15) is 22.9 Å². The molecule has 8 heteroatoms. The molecule has 0 aliphatic heterocycles. The number of anilines is 1. The van der Waals surface area contributed by atoms with Crippen LogP contribution in [0.15, 0.2) is 47.4 Å². The molecule has 0 heterocycles. The predicted molar refractivity (Wildman–Crippen MR) is 74.8 cm³/mol. The van der Waals surface area contributed by atoms with Gasteiger partial charge in [0.05, 0.1) is 21.3 Å². The number of nitrogens with two attached hydrogens (primary N) is 1. The Labute approximate surface area is 120 Å². The largest absolute Gasteiger partial charge is 0.396 e. The van der Waals surface area contributed by atoms with Crippen molar-refractivity contribution in [1.29, 1.82) is 0 Å². The number of nitro groups is 1. The van der Waals surface area contributed by atoms with Crippen LogP contribution in [0.1, 0.15) is 5.56 Å². The number of benzene rings is 2. The van der Waals surface area contributed by atoms with Crippen LogP contribution in [0.25, 0.3) is 0 Å². The van der Waals surface area contributed by atoms with Crippen LogP contribution in [0.3, 0.4) is 0 Å². The van der Waals surface area contributed by atoms with Gasteiger partial charge in [0, 0.05) is 11.6 Å². The molecular formula is C13H11FN2O4S. The molecule has 6 nitrogen and oxygen atoms in total. The minimum Gasteiger partial charge on any atom is -0.396 e. The highest BCUT2D eigenvalue weighted by Crippen LogP contribution is 2.25. The Hall–Kier alpha value is -2.48. The lowest BCUT2D eigenvalue weighted by molar-refractivity contribution is -0.385. The molecule has 0 unspecified atom stereocenters. The van der Waals surface area contributed by atoms with Gasteiger partial charge in [-0.1, -0.05) is 18.2 Å². The van der Waals surface area contributed by atoms with E-state index < -0.39 is 26.3 Å². The molecule has 21 heavy (non-hydrogen) atoms. The van der Waals surface area contributed by atoms with Crippen molar-refractivity contribution >= 4 is 21.2 Å². The number of hydrogen-bond acceptors (Lipinski definition) is 5. The van der Waals surface area contributed by atoms with Crippen molar-refractivity contribution < 1.29 is 17.7 Å². The lowest BCUT2D eigenvalue weighted by Crippen LogP contribution is -2.08. The quantitative estimate of drug-likeness (QED) is 0.530. The summed E-state index contributed by atoms with van der Waals surface area (Å²) in [6.07, 6.45) is 0. The highest BCUT2D eigenvalue weighted by Gasteiger charge is 2.22. The molecule has 0 saturated carbocycles. The SMILES string of the molecule is Nc1ccc(S(=O)(=O)Cc2ccccc2[N+](=O)[O-])cc1F. The summed E-state index contributed by atoms with van der Waals surface area (Å²) in [5.74, 6) is -1.44. The molecule has 0 aliphatic carbocycles. The average molecular weight is 310 g/mol. The summed E-state index contributed by atoms with van der Waals surface area (Å²) in [5.41, 5.74) is 4.87. The third-order valence-electron chi connectivity index (χ3n) is 2.86. The number of halogens is 1. The van der Waals surface area contributed by atoms with Crippen LogP contribution in [0.4, 0.5) is 15.8 Å². The van der Waals surface area contributed by atoms with E-state index in [1.165, 1.54) is 30.3 Å². The molecule has 0 saturated heterocycles. The maximum absolute atomic E-state index is 13.4. The summed E-state index contributed by atoms with van der Waals surface area (Å²) in [6.45, 7) is 0. The van der Waals surface area contributed by atoms with E-state index in [0.29, 0.717) is 0 Å². The number of rotatable bonds is 4. The van der Waals surface area contributed by atoms with Crippen LogP contribution < -0.4 is 5.73 Å². The van der Waals surface area contributed by atoms with Crippen LogP contribution in [0, 0.1) is 15.9 Å². The predicted octanol–water partition coefficient (Wildman–Crippen LogP) is 2.29. The number of sulfone groups is 1. The second kappa shape index (κ2) is 5.49. The van der Waals surface area contributed by atoms with Gasteiger partial charge in [-0.3, -0.25) is 10.1 Å². The summed E-state index contributed by atoms with van der Waals surface area (Å²) >= 11 is 0. The first-order chi connectivity index (χ1) is 9.81. The zero-order valence-electron chi connectivity index (χ0n) is 10.7. The summed E-state index contributed by atoms with van der Waals surface area (Å²) in [7, 11) is -3.91. The first-order valence-electron chi connectivity index (χ1n) is 5.81. The molecule has 0 spiro atoms. The first-order valence-corrected chi connectivity index (χ1v) is 7.46. The lowest BCUT2D eigenvalue weighted by atomic mass is 10.2. The molecule has 2 aromatic carbocycles. The van der Waals surface area contributed by atoms with E-state index in [0.717, 1.165) is 12.1 Å². The topological polar surface area (TPSA) is 103 Å². The number of hydrogen-bond donors (Lipinski definition) is 1. The fraction of sp³-hybridized carbons (Fsp3) is 0.0769. The molecule has 2 N–H and O–H groups in total. The molecule has 0 atom stereocenters. The first kappa shape index (κ1) is 14.9. The minimum atomic E-state index is -3.91. The minimum absolute atomic E-state index is 0.0414. The molecule has 2 aromatic rings. The van der Waals surface area contributed by atoms with Crippen molar-refractivity contribution in [2.45, 2.75) is 10.6 Å². The molecular weight excluding hydrogens is 299 g/mol. The normalized spacial score (nSPS) is 11.3. The van der Waals surface area contributed by atoms with Gasteiger partial charge in [-0.15, -0.1) is 0 Å². The van der Waals surface area contributed by atoms with Crippen LogP contribution in [0.5, 0.6) is 0 Å². The fourth-order valence-electron chi connectivity index (χ4n) is 1.80. The average Bonchev–Trinajstić information content (AvgIpc) is 2.41. The van der Waals surface area contributed by atoms with Gasteiger partial charge in [-0.2, -0.15) is 0 Å². The Kier molecular flexibility index (Phi) is 3.90. The van der Waals surface area contributed by atoms with E-state index in [1.807, 2.05) is 0 Å². The maximum Gasteiger partial charge on any atom is 0.273 e. The van der Waals surface area contributed by atoms with Crippen molar-refractivity contribution in [2.24, 2.45) is 0 Å². The van der Waals surface area contributed by atoms with E-state index >= 15 is 0 Å². The smallest absolute Gasteiger partial charge is 0.273 e. The number of nitrogens with zero attached hydrogens (tertiary/aromatic N) is 1. The van der Waals surface area contributed by atoms with Gasteiger partial charge in [0.25, 0.3) is 5.69 Å². The molecule has 110 valence electrons. The van der Waals surface area contributed by atoms with Crippen molar-refractivity contribution in [1.82, 2.24) is 0 Å². The van der Waals surface area contributed by atoms with Crippen LogP contribution in [-0.4, -0.2) is 13.3 Å². The van der Waals surface area contributed by atoms with E-state index in [-0.39, 0.29) is 21.8 Å². The highest BCUT2D eigenvalue weighted by atomic mass is 32.2. The number of nitrogen functional groups attached to an aromatic ring is 1. The lowest BCUT2D eigenvalue weighted by Gasteiger charge is -2.06. The molecule has 0 aliphatic rings. The molecule has 0 aromatic heterocycles. The summed E-state index contributed by atoms with van der Waals surface area (Å²) in [6, 6.07) is 8.62. The maximum atomic E-state index is 13.4. The summed E-state index contributed by atoms with van der Waals surface area (Å²) < 4.78 is 37.8. The molecule has 0 bridgehead atoms. The Balaban J connectivity index is 2.42. The van der Waals surface area contributed by atoms with Gasteiger partial charge in [0.1, 0.15) is 5.82 Å². The van der Waals surface area contributed by atoms with E-state index in [1.54, 1.807) is 0 Å². The molecule has 2 rings (SSSR count). The van der Waals surface area contributed by atoms with Crippen molar-refractivity contribution in [3.8, 4) is 0 Å². The van der Waals surface area contributed by atoms with Gasteiger partial charge in [0.2, 0.25) is 0 Å². The van der Waals surface area contributed by atoms with Crippen molar-refractivity contribution in [2.75, 3.05) is 5.73 Å². The van der Waals surface area contributed by atoms with Crippen LogP contribution >= 0.6 is 0 Å². The summed E-state index contributed by atoms with van der Waals surface area (Å²) in [5, 5.41) is 10.9. The van der Waals surface area contributed by atoms with E-state index in [4.69, 9.17) is 5.73 Å². The number of nitro benzene ring substituents is 1. The third-order valence-corrected chi connectivity index (χ3v) is 4.53. The number of para-hydroxylation sites is 1. The third kappa shape index (κ3) is 3.16. The van der Waals surface area contributed by atoms with Crippen molar-refractivity contribution in [3.05, 3.63) is 64.0 Å². The van der Waals surface area contributed by atoms with Gasteiger partial charge >= 0.3 is 0 Å². The van der Waals surface area contributed by atoms with Crippen LogP contribution in [-0.2, 0) is 15.6 Å². The highest BCUT2D eigenvalue weighted by molar-refractivity contribution is 7.90. The van der Waals surface area contributed by atoms with Gasteiger partial charge in [0.15, 0.2) is 9.84 Å². The summed E-state index contributed by atoms with van der Waals surface area (Å²) in [4.78, 5) is 9.95. The van der Waals surface area contributed by atoms with Gasteiger partial charge < -0.3 is 5.73 Å². The second-order valence-corrected chi connectivity index (χ2v) is 6.32. The van der Waals surface area contributed by atoms with Crippen molar-refractivity contribution in [3.63, 3.8) is 0 Å². The molecule has 0 radical (unpaired) electrons. The second-order valence-electron chi connectivity index (χ2n) is 4.33. The van der Waals surface area contributed by atoms with Gasteiger partial charge in [-0.05, 0) is 18.2 Å². The van der Waals surface area contributed by atoms with Crippen LogP contribution in [0.2, 0.25) is 0 Å². The molecule has 0 amide bonds. The van der Waals surface area contributed by atoms with E-state index in [2.05, 4.69) is 0 Å². The monoisotopic (exact) mass is 310 g/mol. The zero-order valence-corrected chi connectivity index (χ0v) is 11.5. The Bertz CT molecular complexity index is 806. The molecule has 0 fully saturated rings. The fourth-order valence-corrected chi connectivity index (χ4v) is 3.18.